The lowest BCUT2D eigenvalue weighted by atomic mass is 9.81. The highest BCUT2D eigenvalue weighted by atomic mass is 35.5. The lowest BCUT2D eigenvalue weighted by Crippen LogP contribution is -2.43. The molecule has 2 rings (SSSR count). The summed E-state index contributed by atoms with van der Waals surface area (Å²) in [6.07, 6.45) is 4.56. The summed E-state index contributed by atoms with van der Waals surface area (Å²) >= 11 is 11.4. The molecule has 0 spiro atoms. The van der Waals surface area contributed by atoms with Crippen LogP contribution in [0.2, 0.25) is 5.02 Å². The van der Waals surface area contributed by atoms with Crippen LogP contribution in [0.15, 0.2) is 24.3 Å². The van der Waals surface area contributed by atoms with Crippen molar-refractivity contribution in [3.05, 3.63) is 29.3 Å². The number of likely N-dealkylation sites (tertiary alicyclic amines) is 1. The molecule has 1 aliphatic heterocycles. The summed E-state index contributed by atoms with van der Waals surface area (Å²) in [5.74, 6) is -0.614. The highest BCUT2D eigenvalue weighted by Gasteiger charge is 2.31. The Bertz CT molecular complexity index is 557. The highest BCUT2D eigenvalue weighted by Crippen LogP contribution is 2.29. The van der Waals surface area contributed by atoms with Gasteiger partial charge in [0.15, 0.2) is 5.11 Å². The third-order valence-corrected chi connectivity index (χ3v) is 5.29. The molecule has 132 valence electrons. The normalized spacial score (nSPS) is 16.7. The van der Waals surface area contributed by atoms with Crippen molar-refractivity contribution in [2.24, 2.45) is 11.8 Å². The van der Waals surface area contributed by atoms with E-state index in [1.165, 1.54) is 0 Å². The minimum absolute atomic E-state index is 0.218. The number of halogens is 1. The molecule has 1 fully saturated rings. The number of carboxylic acid groups (broad SMARTS) is 1. The Balaban J connectivity index is 1.85. The Morgan fingerprint density at radius 3 is 2.54 bits per heavy atom. The van der Waals surface area contributed by atoms with Crippen LogP contribution >= 0.6 is 23.8 Å². The maximum Gasteiger partial charge on any atom is 0.306 e. The molecule has 1 saturated heterocycles. The largest absolute Gasteiger partial charge is 0.481 e. The van der Waals surface area contributed by atoms with Gasteiger partial charge in [0.05, 0.1) is 5.92 Å². The number of piperidine rings is 1. The summed E-state index contributed by atoms with van der Waals surface area (Å²) in [7, 11) is 0. The molecule has 0 bridgehead atoms. The zero-order valence-electron chi connectivity index (χ0n) is 14.0. The quantitative estimate of drug-likeness (QED) is 0.716. The van der Waals surface area contributed by atoms with E-state index in [0.29, 0.717) is 10.1 Å². The van der Waals surface area contributed by atoms with E-state index < -0.39 is 5.97 Å². The monoisotopic (exact) mass is 368 g/mol. The maximum atomic E-state index is 11.5. The Morgan fingerprint density at radius 1 is 1.38 bits per heavy atom. The Kier molecular flexibility index (Phi) is 7.31. The van der Waals surface area contributed by atoms with E-state index in [4.69, 9.17) is 23.8 Å². The van der Waals surface area contributed by atoms with Crippen LogP contribution in [-0.4, -0.2) is 34.2 Å². The van der Waals surface area contributed by atoms with Crippen LogP contribution in [0.1, 0.15) is 39.0 Å². The van der Waals surface area contributed by atoms with Gasteiger partial charge < -0.3 is 15.3 Å². The molecule has 0 saturated carbocycles. The molecule has 0 aliphatic carbocycles. The number of hydrogen-bond donors (Lipinski definition) is 2. The first-order valence-electron chi connectivity index (χ1n) is 8.55. The topological polar surface area (TPSA) is 52.6 Å². The molecule has 24 heavy (non-hydrogen) atoms. The minimum Gasteiger partial charge on any atom is -0.481 e. The Labute approximate surface area is 154 Å². The van der Waals surface area contributed by atoms with Gasteiger partial charge in [-0.1, -0.05) is 31.4 Å². The van der Waals surface area contributed by atoms with Crippen LogP contribution in [0.25, 0.3) is 0 Å². The average Bonchev–Trinajstić information content (AvgIpc) is 2.57. The summed E-state index contributed by atoms with van der Waals surface area (Å²) in [4.78, 5) is 13.7. The van der Waals surface area contributed by atoms with Crippen LogP contribution in [0, 0.1) is 11.8 Å². The number of carboxylic acids is 1. The van der Waals surface area contributed by atoms with E-state index in [9.17, 15) is 9.90 Å². The summed E-state index contributed by atoms with van der Waals surface area (Å²) in [6.45, 7) is 3.71. The molecule has 1 unspecified atom stereocenters. The fourth-order valence-electron chi connectivity index (χ4n) is 3.23. The lowest BCUT2D eigenvalue weighted by molar-refractivity contribution is -0.144. The lowest BCUT2D eigenvalue weighted by Gasteiger charge is -2.36. The highest BCUT2D eigenvalue weighted by molar-refractivity contribution is 7.80. The fourth-order valence-corrected chi connectivity index (χ4v) is 3.65. The fraction of sp³-hybridized carbons (Fsp3) is 0.556. The van der Waals surface area contributed by atoms with Crippen molar-refractivity contribution in [2.45, 2.75) is 39.0 Å². The predicted molar refractivity (Wildman–Crippen MR) is 103 cm³/mol. The molecule has 2 N–H and O–H groups in total. The van der Waals surface area contributed by atoms with E-state index in [0.717, 1.165) is 50.9 Å². The third kappa shape index (κ3) is 5.35. The molecule has 1 heterocycles. The van der Waals surface area contributed by atoms with Crippen LogP contribution < -0.4 is 5.32 Å². The SMILES string of the molecule is CCCCC(C(=O)O)C1CCN(C(=S)Nc2ccc(Cl)cc2)CC1. The molecular weight excluding hydrogens is 344 g/mol. The number of carbonyl (C=O) groups is 1. The van der Waals surface area contributed by atoms with Crippen molar-refractivity contribution >= 4 is 40.6 Å². The van der Waals surface area contributed by atoms with Crippen molar-refractivity contribution < 1.29 is 9.90 Å². The molecule has 6 heteroatoms. The van der Waals surface area contributed by atoms with Crippen LogP contribution in [-0.2, 0) is 4.79 Å². The van der Waals surface area contributed by atoms with E-state index in [2.05, 4.69) is 17.1 Å². The van der Waals surface area contributed by atoms with Gasteiger partial charge in [0, 0.05) is 23.8 Å². The van der Waals surface area contributed by atoms with Crippen molar-refractivity contribution in [1.82, 2.24) is 4.90 Å². The molecule has 1 aromatic carbocycles. The number of rotatable bonds is 6. The number of hydrogen-bond acceptors (Lipinski definition) is 2. The Morgan fingerprint density at radius 2 is 2.00 bits per heavy atom. The average molecular weight is 369 g/mol. The molecule has 1 atom stereocenters. The molecule has 0 aromatic heterocycles. The van der Waals surface area contributed by atoms with E-state index in [1.807, 2.05) is 24.3 Å². The molecular formula is C18H25ClN2O2S. The smallest absolute Gasteiger partial charge is 0.306 e. The van der Waals surface area contributed by atoms with Gasteiger partial charge in [-0.3, -0.25) is 4.79 Å². The summed E-state index contributed by atoms with van der Waals surface area (Å²) in [5, 5.41) is 14.1. The van der Waals surface area contributed by atoms with Crippen LogP contribution in [0.4, 0.5) is 5.69 Å². The number of thiocarbonyl (C=S) groups is 1. The second-order valence-electron chi connectivity index (χ2n) is 6.35. The number of anilines is 1. The molecule has 1 aliphatic rings. The van der Waals surface area contributed by atoms with Gasteiger partial charge in [-0.15, -0.1) is 0 Å². The summed E-state index contributed by atoms with van der Waals surface area (Å²) in [5.41, 5.74) is 0.915. The van der Waals surface area contributed by atoms with Crippen molar-refractivity contribution in [2.75, 3.05) is 18.4 Å². The van der Waals surface area contributed by atoms with Gasteiger partial charge in [-0.2, -0.15) is 0 Å². The van der Waals surface area contributed by atoms with Gasteiger partial charge in [0.2, 0.25) is 0 Å². The van der Waals surface area contributed by atoms with Gasteiger partial charge in [-0.25, -0.2) is 0 Å². The van der Waals surface area contributed by atoms with Crippen LogP contribution in [0.5, 0.6) is 0 Å². The number of unbranched alkanes of at least 4 members (excludes halogenated alkanes) is 1. The first kappa shape index (κ1) is 19.0. The van der Waals surface area contributed by atoms with E-state index in [-0.39, 0.29) is 11.8 Å². The van der Waals surface area contributed by atoms with Crippen molar-refractivity contribution in [3.8, 4) is 0 Å². The standard InChI is InChI=1S/C18H25ClN2O2S/c1-2-3-4-16(17(22)23)13-9-11-21(12-10-13)18(24)20-15-7-5-14(19)6-8-15/h5-8,13,16H,2-4,9-12H2,1H3,(H,20,24)(H,22,23). The molecule has 0 radical (unpaired) electrons. The predicted octanol–water partition coefficient (Wildman–Crippen LogP) is 4.64. The maximum absolute atomic E-state index is 11.5. The number of nitrogens with one attached hydrogen (secondary N) is 1. The van der Waals surface area contributed by atoms with E-state index in [1.54, 1.807) is 0 Å². The van der Waals surface area contributed by atoms with Crippen molar-refractivity contribution in [3.63, 3.8) is 0 Å². The second-order valence-corrected chi connectivity index (χ2v) is 7.17. The van der Waals surface area contributed by atoms with Gasteiger partial charge in [0.1, 0.15) is 0 Å². The zero-order chi connectivity index (χ0) is 17.5. The number of benzene rings is 1. The molecule has 4 nitrogen and oxygen atoms in total. The molecule has 1 aromatic rings. The van der Waals surface area contributed by atoms with E-state index >= 15 is 0 Å². The number of aliphatic carboxylic acids is 1. The second kappa shape index (κ2) is 9.23. The first-order chi connectivity index (χ1) is 11.5. The van der Waals surface area contributed by atoms with Crippen molar-refractivity contribution in [1.29, 1.82) is 0 Å². The zero-order valence-corrected chi connectivity index (χ0v) is 15.6. The minimum atomic E-state index is -0.649. The Hall–Kier alpha value is -1.33. The summed E-state index contributed by atoms with van der Waals surface area (Å²) in [6, 6.07) is 7.44. The first-order valence-corrected chi connectivity index (χ1v) is 9.34. The third-order valence-electron chi connectivity index (χ3n) is 4.68. The van der Waals surface area contributed by atoms with Gasteiger partial charge in [0.25, 0.3) is 0 Å². The van der Waals surface area contributed by atoms with Crippen LogP contribution in [0.3, 0.4) is 0 Å². The number of nitrogens with zero attached hydrogens (tertiary/aromatic N) is 1. The van der Waals surface area contributed by atoms with Gasteiger partial charge >= 0.3 is 5.97 Å². The van der Waals surface area contributed by atoms with Gasteiger partial charge in [-0.05, 0) is 61.7 Å². The summed E-state index contributed by atoms with van der Waals surface area (Å²) < 4.78 is 0. The molecule has 0 amide bonds.